The van der Waals surface area contributed by atoms with Crippen LogP contribution in [0.15, 0.2) is 18.2 Å². The lowest BCUT2D eigenvalue weighted by atomic mass is 10.00. The predicted octanol–water partition coefficient (Wildman–Crippen LogP) is 0.951. The molecule has 4 heteroatoms. The Labute approximate surface area is 96.1 Å². The summed E-state index contributed by atoms with van der Waals surface area (Å²) in [4.78, 5) is 8.70. The van der Waals surface area contributed by atoms with Gasteiger partial charge in [0.2, 0.25) is 0 Å². The molecule has 84 valence electrons. The van der Waals surface area contributed by atoms with Gasteiger partial charge in [-0.1, -0.05) is 6.07 Å². The van der Waals surface area contributed by atoms with Crippen molar-refractivity contribution < 1.29 is 0 Å². The molecule has 0 aromatic carbocycles. The van der Waals surface area contributed by atoms with Crippen LogP contribution in [0.4, 0.5) is 5.82 Å². The van der Waals surface area contributed by atoms with Gasteiger partial charge in [-0.2, -0.15) is 5.26 Å². The fourth-order valence-electron chi connectivity index (χ4n) is 2.05. The molecule has 0 radical (unpaired) electrons. The van der Waals surface area contributed by atoms with Crippen molar-refractivity contribution in [3.05, 3.63) is 23.9 Å². The van der Waals surface area contributed by atoms with Crippen LogP contribution in [0.3, 0.4) is 0 Å². The van der Waals surface area contributed by atoms with Gasteiger partial charge in [-0.15, -0.1) is 0 Å². The topological polar surface area (TPSA) is 43.2 Å². The number of anilines is 1. The lowest BCUT2D eigenvalue weighted by Gasteiger charge is -2.41. The van der Waals surface area contributed by atoms with Gasteiger partial charge in [-0.25, -0.2) is 4.98 Å². The van der Waals surface area contributed by atoms with Gasteiger partial charge in [0.1, 0.15) is 17.6 Å². The van der Waals surface area contributed by atoms with Crippen LogP contribution in [-0.4, -0.2) is 43.6 Å². The van der Waals surface area contributed by atoms with E-state index in [2.05, 4.69) is 34.9 Å². The van der Waals surface area contributed by atoms with Gasteiger partial charge in [0.25, 0.3) is 0 Å². The van der Waals surface area contributed by atoms with Crippen LogP contribution < -0.4 is 4.90 Å². The quantitative estimate of drug-likeness (QED) is 0.754. The van der Waals surface area contributed by atoms with Crippen molar-refractivity contribution in [3.63, 3.8) is 0 Å². The maximum Gasteiger partial charge on any atom is 0.142 e. The molecular formula is C12H16N4. The molecule has 2 heterocycles. The molecule has 16 heavy (non-hydrogen) atoms. The average molecular weight is 216 g/mol. The minimum absolute atomic E-state index is 0.494. The van der Waals surface area contributed by atoms with E-state index in [9.17, 15) is 0 Å². The van der Waals surface area contributed by atoms with Crippen LogP contribution >= 0.6 is 0 Å². The standard InChI is InChI=1S/C12H16N4/c1-15(2)7-10-8-16(9-10)12-5-3-4-11(6-13)14-12/h3-5,10H,7-9H2,1-2H3. The Balaban J connectivity index is 1.94. The summed E-state index contributed by atoms with van der Waals surface area (Å²) >= 11 is 0. The molecule has 1 saturated heterocycles. The van der Waals surface area contributed by atoms with Crippen LogP contribution in [0.2, 0.25) is 0 Å². The Morgan fingerprint density at radius 3 is 2.88 bits per heavy atom. The van der Waals surface area contributed by atoms with Gasteiger partial charge in [0, 0.05) is 25.6 Å². The maximum atomic E-state index is 8.77. The molecule has 1 aromatic heterocycles. The number of nitriles is 1. The number of hydrogen-bond acceptors (Lipinski definition) is 4. The van der Waals surface area contributed by atoms with Crippen molar-refractivity contribution in [2.24, 2.45) is 5.92 Å². The smallest absolute Gasteiger partial charge is 0.142 e. The van der Waals surface area contributed by atoms with Crippen molar-refractivity contribution >= 4 is 5.82 Å². The zero-order valence-electron chi connectivity index (χ0n) is 9.72. The number of aromatic nitrogens is 1. The number of nitrogens with zero attached hydrogens (tertiary/aromatic N) is 4. The molecule has 1 aliphatic rings. The molecule has 2 rings (SSSR count). The van der Waals surface area contributed by atoms with E-state index in [0.29, 0.717) is 5.69 Å². The van der Waals surface area contributed by atoms with Crippen LogP contribution in [0, 0.1) is 17.2 Å². The minimum Gasteiger partial charge on any atom is -0.356 e. The number of pyridine rings is 1. The van der Waals surface area contributed by atoms with Crippen LogP contribution in [0.1, 0.15) is 5.69 Å². The molecule has 0 atom stereocenters. The fourth-order valence-corrected chi connectivity index (χ4v) is 2.05. The summed E-state index contributed by atoms with van der Waals surface area (Å²) in [5, 5.41) is 8.77. The van der Waals surface area contributed by atoms with Crippen molar-refractivity contribution in [2.45, 2.75) is 0 Å². The van der Waals surface area contributed by atoms with E-state index >= 15 is 0 Å². The highest BCUT2D eigenvalue weighted by atomic mass is 15.3. The Kier molecular flexibility index (Phi) is 3.07. The van der Waals surface area contributed by atoms with E-state index in [1.807, 2.05) is 12.1 Å². The molecule has 0 bridgehead atoms. The second-order valence-corrected chi connectivity index (χ2v) is 4.53. The lowest BCUT2D eigenvalue weighted by Crippen LogP contribution is -2.51. The summed E-state index contributed by atoms with van der Waals surface area (Å²) in [7, 11) is 4.19. The van der Waals surface area contributed by atoms with Gasteiger partial charge in [-0.3, -0.25) is 0 Å². The van der Waals surface area contributed by atoms with Crippen molar-refractivity contribution in [1.82, 2.24) is 9.88 Å². The molecule has 0 spiro atoms. The zero-order chi connectivity index (χ0) is 11.5. The summed E-state index contributed by atoms with van der Waals surface area (Å²) < 4.78 is 0. The number of rotatable bonds is 3. The van der Waals surface area contributed by atoms with Crippen LogP contribution in [0.5, 0.6) is 0 Å². The Bertz CT molecular complexity index is 402. The Morgan fingerprint density at radius 1 is 1.50 bits per heavy atom. The van der Waals surface area contributed by atoms with Crippen molar-refractivity contribution in [3.8, 4) is 6.07 Å². The van der Waals surface area contributed by atoms with Gasteiger partial charge >= 0.3 is 0 Å². The molecule has 4 nitrogen and oxygen atoms in total. The van der Waals surface area contributed by atoms with E-state index in [0.717, 1.165) is 31.4 Å². The van der Waals surface area contributed by atoms with E-state index in [1.54, 1.807) is 6.07 Å². The van der Waals surface area contributed by atoms with E-state index in [-0.39, 0.29) is 0 Å². The fraction of sp³-hybridized carbons (Fsp3) is 0.500. The minimum atomic E-state index is 0.494. The number of hydrogen-bond donors (Lipinski definition) is 0. The van der Waals surface area contributed by atoms with Gasteiger partial charge in [0.15, 0.2) is 0 Å². The SMILES string of the molecule is CN(C)CC1CN(c2cccc(C#N)n2)C1. The summed E-state index contributed by atoms with van der Waals surface area (Å²) in [5.41, 5.74) is 0.494. The third-order valence-corrected chi connectivity index (χ3v) is 2.75. The van der Waals surface area contributed by atoms with E-state index in [4.69, 9.17) is 5.26 Å². The molecular weight excluding hydrogens is 200 g/mol. The normalized spacial score (nSPS) is 16.0. The monoisotopic (exact) mass is 216 g/mol. The highest BCUT2D eigenvalue weighted by Gasteiger charge is 2.27. The molecule has 0 amide bonds. The molecule has 0 N–H and O–H groups in total. The average Bonchev–Trinajstić information content (AvgIpc) is 2.22. The zero-order valence-corrected chi connectivity index (χ0v) is 9.72. The highest BCUT2D eigenvalue weighted by Crippen LogP contribution is 2.22. The van der Waals surface area contributed by atoms with Crippen molar-refractivity contribution in [1.29, 1.82) is 5.26 Å². The molecule has 0 unspecified atom stereocenters. The molecule has 1 aromatic rings. The third-order valence-electron chi connectivity index (χ3n) is 2.75. The first-order chi connectivity index (χ1) is 7.69. The second-order valence-electron chi connectivity index (χ2n) is 4.53. The summed E-state index contributed by atoms with van der Waals surface area (Å²) in [6.45, 7) is 3.20. The van der Waals surface area contributed by atoms with E-state index in [1.165, 1.54) is 0 Å². The third kappa shape index (κ3) is 2.31. The van der Waals surface area contributed by atoms with Crippen LogP contribution in [0.25, 0.3) is 0 Å². The lowest BCUT2D eigenvalue weighted by molar-refractivity contribution is 0.282. The largest absolute Gasteiger partial charge is 0.356 e. The molecule has 0 saturated carbocycles. The predicted molar refractivity (Wildman–Crippen MR) is 63.2 cm³/mol. The first kappa shape index (κ1) is 10.9. The molecule has 1 aliphatic heterocycles. The van der Waals surface area contributed by atoms with Crippen molar-refractivity contribution in [2.75, 3.05) is 38.6 Å². The Hall–Kier alpha value is -1.60. The summed E-state index contributed by atoms with van der Waals surface area (Å²) in [5.74, 6) is 1.65. The summed E-state index contributed by atoms with van der Waals surface area (Å²) in [6, 6.07) is 7.66. The molecule has 0 aliphatic carbocycles. The van der Waals surface area contributed by atoms with Gasteiger partial charge in [-0.05, 0) is 26.2 Å². The van der Waals surface area contributed by atoms with Gasteiger partial charge < -0.3 is 9.80 Å². The Morgan fingerprint density at radius 2 is 2.25 bits per heavy atom. The van der Waals surface area contributed by atoms with Gasteiger partial charge in [0.05, 0.1) is 0 Å². The van der Waals surface area contributed by atoms with Crippen LogP contribution in [-0.2, 0) is 0 Å². The summed E-state index contributed by atoms with van der Waals surface area (Å²) in [6.07, 6.45) is 0. The first-order valence-electron chi connectivity index (χ1n) is 5.46. The maximum absolute atomic E-state index is 8.77. The van der Waals surface area contributed by atoms with E-state index < -0.39 is 0 Å². The molecule has 1 fully saturated rings. The highest BCUT2D eigenvalue weighted by molar-refractivity contribution is 5.44. The first-order valence-corrected chi connectivity index (χ1v) is 5.46. The second kappa shape index (κ2) is 4.50.